The smallest absolute Gasteiger partial charge is 0.334 e. The zero-order chi connectivity index (χ0) is 17.3. The summed E-state index contributed by atoms with van der Waals surface area (Å²) >= 11 is 1.14. The molecule has 0 radical (unpaired) electrons. The fourth-order valence-electron chi connectivity index (χ4n) is 2.79. The Balaban J connectivity index is 2.80. The number of thioether (sulfide) groups is 1. The second-order valence-corrected chi connectivity index (χ2v) is 5.84. The summed E-state index contributed by atoms with van der Waals surface area (Å²) in [5.74, 6) is -3.46. The number of rotatable bonds is 4. The topological polar surface area (TPSA) is 114 Å². The fraction of sp³-hybridized carbons (Fsp3) is 0.267. The molecule has 23 heavy (non-hydrogen) atoms. The number of nitrogens with one attached hydrogen (secondary N) is 1. The Kier molecular flexibility index (Phi) is 4.65. The third kappa shape index (κ3) is 2.89. The minimum Gasteiger partial charge on any atom is -0.618 e. The molecule has 0 unspecified atom stereocenters. The van der Waals surface area contributed by atoms with E-state index in [0.717, 1.165) is 11.8 Å². The number of hydrogen-bond donors (Lipinski definition) is 3. The lowest BCUT2D eigenvalue weighted by molar-refractivity contribution is -0.646. The van der Waals surface area contributed by atoms with Crippen molar-refractivity contribution in [1.29, 1.82) is 0 Å². The number of nitrogens with zero attached hydrogens (tertiary/aromatic N) is 1. The minimum absolute atomic E-state index is 0.0745. The van der Waals surface area contributed by atoms with Crippen LogP contribution in [0.25, 0.3) is 0 Å². The van der Waals surface area contributed by atoms with Crippen LogP contribution in [0.4, 0.5) is 0 Å². The highest BCUT2D eigenvalue weighted by atomic mass is 32.2. The highest BCUT2D eigenvalue weighted by Crippen LogP contribution is 2.40. The molecule has 0 spiro atoms. The van der Waals surface area contributed by atoms with Crippen LogP contribution in [0.3, 0.4) is 0 Å². The zero-order valence-electron chi connectivity index (χ0n) is 12.8. The number of hydrogen-bond acceptors (Lipinski definition) is 5. The summed E-state index contributed by atoms with van der Waals surface area (Å²) in [7, 11) is 0. The summed E-state index contributed by atoms with van der Waals surface area (Å²) in [6, 6.07) is 3.07. The molecule has 1 aromatic rings. The van der Waals surface area contributed by atoms with Gasteiger partial charge in [0.25, 0.3) is 5.03 Å². The average Bonchev–Trinajstić information content (AvgIpc) is 2.45. The summed E-state index contributed by atoms with van der Waals surface area (Å²) in [6.45, 7) is 3.15. The van der Waals surface area contributed by atoms with Crippen molar-refractivity contribution < 1.29 is 24.5 Å². The molecule has 0 saturated heterocycles. The van der Waals surface area contributed by atoms with Crippen molar-refractivity contribution in [2.24, 2.45) is 0 Å². The molecule has 8 heteroatoms. The number of allylic oxidation sites excluding steroid dienone is 2. The Bertz CT molecular complexity index is 718. The van der Waals surface area contributed by atoms with E-state index in [-0.39, 0.29) is 16.2 Å². The first-order chi connectivity index (χ1) is 10.8. The van der Waals surface area contributed by atoms with Gasteiger partial charge in [-0.15, -0.1) is 0 Å². The van der Waals surface area contributed by atoms with E-state index in [9.17, 15) is 25.0 Å². The number of carboxylic acids is 2. The summed E-state index contributed by atoms with van der Waals surface area (Å²) in [6.07, 6.45) is 2.98. The second-order valence-electron chi connectivity index (χ2n) is 5.04. The normalized spacial score (nSPS) is 15.6. The van der Waals surface area contributed by atoms with Gasteiger partial charge in [0.15, 0.2) is 6.20 Å². The summed E-state index contributed by atoms with van der Waals surface area (Å²) in [5.41, 5.74) is 0.936. The van der Waals surface area contributed by atoms with Gasteiger partial charge in [0.05, 0.1) is 17.1 Å². The first-order valence-electron chi connectivity index (χ1n) is 6.70. The predicted molar refractivity (Wildman–Crippen MR) is 83.7 cm³/mol. The maximum Gasteiger partial charge on any atom is 0.334 e. The highest BCUT2D eigenvalue weighted by Gasteiger charge is 2.39. The van der Waals surface area contributed by atoms with Gasteiger partial charge in [-0.3, -0.25) is 0 Å². The average molecular weight is 336 g/mol. The van der Waals surface area contributed by atoms with Gasteiger partial charge in [0.1, 0.15) is 0 Å². The van der Waals surface area contributed by atoms with Crippen molar-refractivity contribution in [2.75, 3.05) is 6.26 Å². The largest absolute Gasteiger partial charge is 0.618 e. The number of pyridine rings is 1. The molecule has 1 aromatic heterocycles. The first kappa shape index (κ1) is 16.9. The molecule has 0 aromatic carbocycles. The van der Waals surface area contributed by atoms with Crippen LogP contribution in [0.2, 0.25) is 0 Å². The lowest BCUT2D eigenvalue weighted by atomic mass is 9.81. The minimum atomic E-state index is -1.22. The van der Waals surface area contributed by atoms with Crippen LogP contribution in [0.15, 0.2) is 45.9 Å². The van der Waals surface area contributed by atoms with Gasteiger partial charge in [0, 0.05) is 23.0 Å². The van der Waals surface area contributed by atoms with Crippen molar-refractivity contribution in [3.8, 4) is 0 Å². The Labute approximate surface area is 136 Å². The van der Waals surface area contributed by atoms with Gasteiger partial charge < -0.3 is 20.7 Å². The molecule has 0 amide bonds. The molecule has 0 atom stereocenters. The molecule has 0 bridgehead atoms. The maximum absolute atomic E-state index is 12.0. The van der Waals surface area contributed by atoms with Crippen LogP contribution in [0, 0.1) is 5.21 Å². The number of carboxylic acid groups (broad SMARTS) is 2. The van der Waals surface area contributed by atoms with Crippen LogP contribution in [-0.2, 0) is 9.59 Å². The SMILES string of the molecule is CSc1c(C2C(C(=O)O)=C(C)NC(C)=C2C(=O)O)ccc[n+]1[O-]. The molecule has 1 aliphatic rings. The Morgan fingerprint density at radius 2 is 1.74 bits per heavy atom. The highest BCUT2D eigenvalue weighted by molar-refractivity contribution is 7.98. The number of dihydropyridines is 1. The lowest BCUT2D eigenvalue weighted by Crippen LogP contribution is -2.35. The Hall–Kier alpha value is -2.48. The standard InChI is InChI=1S/C15H16N2O5S/c1-7-10(14(18)19)12(11(15(20)21)8(2)16-7)9-5-4-6-17(22)13(9)23-3/h4-6,12,16H,1-3H3,(H,18,19)(H,20,21). The van der Waals surface area contributed by atoms with E-state index in [4.69, 9.17) is 0 Å². The monoisotopic (exact) mass is 336 g/mol. The van der Waals surface area contributed by atoms with E-state index in [0.29, 0.717) is 21.7 Å². The second kappa shape index (κ2) is 6.33. The number of aliphatic carboxylic acids is 2. The van der Waals surface area contributed by atoms with Crippen molar-refractivity contribution in [3.05, 3.63) is 51.6 Å². The Morgan fingerprint density at radius 3 is 2.17 bits per heavy atom. The van der Waals surface area contributed by atoms with E-state index < -0.39 is 17.9 Å². The van der Waals surface area contributed by atoms with Gasteiger partial charge in [0.2, 0.25) is 0 Å². The van der Waals surface area contributed by atoms with E-state index in [1.165, 1.54) is 12.3 Å². The van der Waals surface area contributed by atoms with E-state index in [1.54, 1.807) is 26.2 Å². The fourth-order valence-corrected chi connectivity index (χ4v) is 3.45. The Morgan fingerprint density at radius 1 is 1.22 bits per heavy atom. The van der Waals surface area contributed by atoms with Crippen molar-refractivity contribution in [1.82, 2.24) is 5.32 Å². The van der Waals surface area contributed by atoms with E-state index in [2.05, 4.69) is 5.32 Å². The van der Waals surface area contributed by atoms with Crippen LogP contribution < -0.4 is 10.0 Å². The summed E-state index contributed by atoms with van der Waals surface area (Å²) < 4.78 is 0.617. The summed E-state index contributed by atoms with van der Waals surface area (Å²) in [4.78, 5) is 23.4. The molecular weight excluding hydrogens is 320 g/mol. The van der Waals surface area contributed by atoms with Gasteiger partial charge in [-0.1, -0.05) is 11.8 Å². The van der Waals surface area contributed by atoms with Crippen molar-refractivity contribution in [2.45, 2.75) is 24.8 Å². The molecule has 1 aliphatic heterocycles. The van der Waals surface area contributed by atoms with E-state index >= 15 is 0 Å². The molecule has 2 heterocycles. The molecule has 0 aliphatic carbocycles. The number of carbonyl (C=O) groups is 2. The van der Waals surface area contributed by atoms with Crippen molar-refractivity contribution >= 4 is 23.7 Å². The summed E-state index contributed by atoms with van der Waals surface area (Å²) in [5, 5.41) is 34.2. The molecule has 7 nitrogen and oxygen atoms in total. The van der Waals surface area contributed by atoms with Crippen LogP contribution in [0.1, 0.15) is 25.3 Å². The number of aromatic nitrogens is 1. The van der Waals surface area contributed by atoms with Crippen LogP contribution >= 0.6 is 11.8 Å². The molecule has 2 rings (SSSR count). The van der Waals surface area contributed by atoms with Gasteiger partial charge in [-0.25, -0.2) is 9.59 Å². The quantitative estimate of drug-likeness (QED) is 0.433. The molecular formula is C15H16N2O5S. The van der Waals surface area contributed by atoms with Crippen LogP contribution in [-0.4, -0.2) is 28.4 Å². The molecule has 0 fully saturated rings. The molecule has 3 N–H and O–H groups in total. The maximum atomic E-state index is 12.0. The van der Waals surface area contributed by atoms with Crippen molar-refractivity contribution in [3.63, 3.8) is 0 Å². The van der Waals surface area contributed by atoms with E-state index in [1.807, 2.05) is 0 Å². The zero-order valence-corrected chi connectivity index (χ0v) is 13.6. The predicted octanol–water partition coefficient (Wildman–Crippen LogP) is 1.45. The van der Waals surface area contributed by atoms with Crippen LogP contribution in [0.5, 0.6) is 0 Å². The van der Waals surface area contributed by atoms with Gasteiger partial charge in [-0.05, 0) is 26.2 Å². The molecule has 0 saturated carbocycles. The first-order valence-corrected chi connectivity index (χ1v) is 7.93. The van der Waals surface area contributed by atoms with Gasteiger partial charge >= 0.3 is 11.9 Å². The van der Waals surface area contributed by atoms with Gasteiger partial charge in [-0.2, -0.15) is 4.73 Å². The molecule has 122 valence electrons. The third-order valence-corrected chi connectivity index (χ3v) is 4.47. The third-order valence-electron chi connectivity index (χ3n) is 3.67. The lowest BCUT2D eigenvalue weighted by Gasteiger charge is -2.28.